The molecule has 21 heavy (non-hydrogen) atoms. The molecule has 0 unspecified atom stereocenters. The molecule has 0 heterocycles. The number of methoxy groups -OCH3 is 1. The van der Waals surface area contributed by atoms with Crippen molar-refractivity contribution in [2.24, 2.45) is 0 Å². The third-order valence-corrected chi connectivity index (χ3v) is 4.00. The SMILES string of the molecule is COC1(C(=O)c2ccc(F)c(C(F)(F)F)c2)CCCCC1. The van der Waals surface area contributed by atoms with Gasteiger partial charge in [0.15, 0.2) is 5.78 Å². The van der Waals surface area contributed by atoms with Crippen molar-refractivity contribution >= 4 is 5.78 Å². The number of hydrogen-bond acceptors (Lipinski definition) is 2. The average Bonchev–Trinajstić information content (AvgIpc) is 2.46. The van der Waals surface area contributed by atoms with Gasteiger partial charge in [-0.1, -0.05) is 19.3 Å². The third kappa shape index (κ3) is 3.10. The van der Waals surface area contributed by atoms with Crippen molar-refractivity contribution < 1.29 is 27.1 Å². The molecule has 1 fully saturated rings. The molecule has 1 aromatic rings. The maximum atomic E-state index is 13.3. The molecular formula is C15H16F4O2. The number of rotatable bonds is 3. The van der Waals surface area contributed by atoms with Gasteiger partial charge in [0.2, 0.25) is 0 Å². The number of halogens is 4. The van der Waals surface area contributed by atoms with Gasteiger partial charge < -0.3 is 4.74 Å². The predicted molar refractivity (Wildman–Crippen MR) is 68.6 cm³/mol. The topological polar surface area (TPSA) is 26.3 Å². The Morgan fingerprint density at radius 1 is 1.19 bits per heavy atom. The molecule has 0 saturated heterocycles. The number of Topliss-reactive ketones (excluding diaryl/α,β-unsaturated/α-hetero) is 1. The smallest absolute Gasteiger partial charge is 0.370 e. The summed E-state index contributed by atoms with van der Waals surface area (Å²) in [6.45, 7) is 0. The Hall–Kier alpha value is -1.43. The van der Waals surface area contributed by atoms with Gasteiger partial charge in [0.1, 0.15) is 11.4 Å². The Morgan fingerprint density at radius 2 is 1.81 bits per heavy atom. The van der Waals surface area contributed by atoms with E-state index in [4.69, 9.17) is 4.74 Å². The molecular weight excluding hydrogens is 288 g/mol. The van der Waals surface area contributed by atoms with E-state index in [1.807, 2.05) is 0 Å². The normalized spacial score (nSPS) is 18.5. The Morgan fingerprint density at radius 3 is 2.33 bits per heavy atom. The molecule has 1 aliphatic rings. The molecule has 0 spiro atoms. The van der Waals surface area contributed by atoms with Crippen molar-refractivity contribution in [2.75, 3.05) is 7.11 Å². The van der Waals surface area contributed by atoms with Crippen molar-refractivity contribution in [2.45, 2.75) is 43.9 Å². The van der Waals surface area contributed by atoms with E-state index in [1.54, 1.807) is 0 Å². The first kappa shape index (κ1) is 15.9. The molecule has 116 valence electrons. The van der Waals surface area contributed by atoms with E-state index in [9.17, 15) is 22.4 Å². The lowest BCUT2D eigenvalue weighted by Gasteiger charge is -2.34. The van der Waals surface area contributed by atoms with Gasteiger partial charge in [0.25, 0.3) is 0 Å². The zero-order valence-electron chi connectivity index (χ0n) is 11.6. The van der Waals surface area contributed by atoms with Gasteiger partial charge in [-0.15, -0.1) is 0 Å². The number of ether oxygens (including phenoxy) is 1. The van der Waals surface area contributed by atoms with Gasteiger partial charge in [0, 0.05) is 12.7 Å². The summed E-state index contributed by atoms with van der Waals surface area (Å²) in [5.41, 5.74) is -2.67. The minimum absolute atomic E-state index is 0.160. The molecule has 1 aliphatic carbocycles. The van der Waals surface area contributed by atoms with E-state index >= 15 is 0 Å². The van der Waals surface area contributed by atoms with Crippen LogP contribution in [0.2, 0.25) is 0 Å². The molecule has 2 rings (SSSR count). The van der Waals surface area contributed by atoms with Gasteiger partial charge in [0.05, 0.1) is 5.56 Å². The monoisotopic (exact) mass is 304 g/mol. The maximum absolute atomic E-state index is 13.3. The van der Waals surface area contributed by atoms with Crippen LogP contribution in [0.25, 0.3) is 0 Å². The van der Waals surface area contributed by atoms with E-state index in [0.29, 0.717) is 25.0 Å². The second-order valence-corrected chi connectivity index (χ2v) is 5.28. The highest BCUT2D eigenvalue weighted by Crippen LogP contribution is 2.36. The fourth-order valence-electron chi connectivity index (χ4n) is 2.79. The largest absolute Gasteiger partial charge is 0.419 e. The molecule has 6 heteroatoms. The standard InChI is InChI=1S/C15H16F4O2/c1-21-14(7-3-2-4-8-14)13(20)10-5-6-12(16)11(9-10)15(17,18)19/h5-6,9H,2-4,7-8H2,1H3. The van der Waals surface area contributed by atoms with Gasteiger partial charge in [-0.2, -0.15) is 13.2 Å². The summed E-state index contributed by atoms with van der Waals surface area (Å²) in [6, 6.07) is 2.34. The summed E-state index contributed by atoms with van der Waals surface area (Å²) in [6.07, 6.45) is -1.34. The minimum atomic E-state index is -4.83. The fraction of sp³-hybridized carbons (Fsp3) is 0.533. The van der Waals surface area contributed by atoms with Crippen LogP contribution in [0, 0.1) is 5.82 Å². The van der Waals surface area contributed by atoms with Crippen molar-refractivity contribution in [3.63, 3.8) is 0 Å². The summed E-state index contributed by atoms with van der Waals surface area (Å²) in [5.74, 6) is -1.88. The summed E-state index contributed by atoms with van der Waals surface area (Å²) in [4.78, 5) is 12.5. The summed E-state index contributed by atoms with van der Waals surface area (Å²) in [7, 11) is 1.39. The molecule has 1 aromatic carbocycles. The van der Waals surface area contributed by atoms with Crippen LogP contribution < -0.4 is 0 Å². The number of hydrogen-bond donors (Lipinski definition) is 0. The summed E-state index contributed by atoms with van der Waals surface area (Å²) < 4.78 is 56.8. The molecule has 0 atom stereocenters. The highest BCUT2D eigenvalue weighted by atomic mass is 19.4. The zero-order valence-corrected chi connectivity index (χ0v) is 11.6. The zero-order chi connectivity index (χ0) is 15.7. The highest BCUT2D eigenvalue weighted by molar-refractivity contribution is 6.02. The summed E-state index contributed by atoms with van der Waals surface area (Å²) in [5, 5.41) is 0. The Balaban J connectivity index is 2.39. The van der Waals surface area contributed by atoms with Crippen molar-refractivity contribution in [1.82, 2.24) is 0 Å². The number of carbonyl (C=O) groups is 1. The highest BCUT2D eigenvalue weighted by Gasteiger charge is 2.41. The lowest BCUT2D eigenvalue weighted by Crippen LogP contribution is -2.42. The maximum Gasteiger partial charge on any atom is 0.419 e. The second kappa shape index (κ2) is 5.75. The Labute approximate surface area is 120 Å². The van der Waals surface area contributed by atoms with E-state index in [-0.39, 0.29) is 5.56 Å². The van der Waals surface area contributed by atoms with Crippen LogP contribution >= 0.6 is 0 Å². The van der Waals surface area contributed by atoms with E-state index < -0.39 is 28.9 Å². The van der Waals surface area contributed by atoms with Crippen LogP contribution in [0.1, 0.15) is 48.0 Å². The Bertz CT molecular complexity index is 531. The van der Waals surface area contributed by atoms with Crippen LogP contribution in [0.15, 0.2) is 18.2 Å². The van der Waals surface area contributed by atoms with Gasteiger partial charge in [-0.25, -0.2) is 4.39 Å². The molecule has 0 radical (unpaired) electrons. The number of ketones is 1. The quantitative estimate of drug-likeness (QED) is 0.612. The molecule has 0 amide bonds. The summed E-state index contributed by atoms with van der Waals surface area (Å²) >= 11 is 0. The van der Waals surface area contributed by atoms with Crippen molar-refractivity contribution in [3.05, 3.63) is 35.1 Å². The first-order chi connectivity index (χ1) is 9.80. The molecule has 0 aliphatic heterocycles. The van der Waals surface area contributed by atoms with Crippen molar-refractivity contribution in [3.8, 4) is 0 Å². The van der Waals surface area contributed by atoms with Crippen LogP contribution in [0.4, 0.5) is 17.6 Å². The lowest BCUT2D eigenvalue weighted by molar-refractivity contribution is -0.140. The van der Waals surface area contributed by atoms with Crippen molar-refractivity contribution in [1.29, 1.82) is 0 Å². The first-order valence-electron chi connectivity index (χ1n) is 6.77. The van der Waals surface area contributed by atoms with Crippen LogP contribution in [-0.4, -0.2) is 18.5 Å². The first-order valence-corrected chi connectivity index (χ1v) is 6.77. The fourth-order valence-corrected chi connectivity index (χ4v) is 2.79. The number of carbonyl (C=O) groups excluding carboxylic acids is 1. The van der Waals surface area contributed by atoms with Gasteiger partial charge >= 0.3 is 6.18 Å². The lowest BCUT2D eigenvalue weighted by atomic mass is 9.79. The third-order valence-electron chi connectivity index (χ3n) is 4.00. The number of benzene rings is 1. The van der Waals surface area contributed by atoms with E-state index in [2.05, 4.69) is 0 Å². The minimum Gasteiger partial charge on any atom is -0.370 e. The average molecular weight is 304 g/mol. The molecule has 1 saturated carbocycles. The van der Waals surface area contributed by atoms with E-state index in [0.717, 1.165) is 25.3 Å². The van der Waals surface area contributed by atoms with Crippen LogP contribution in [0.3, 0.4) is 0 Å². The number of alkyl halides is 3. The molecule has 0 N–H and O–H groups in total. The second-order valence-electron chi connectivity index (χ2n) is 5.28. The van der Waals surface area contributed by atoms with Crippen LogP contribution in [0.5, 0.6) is 0 Å². The van der Waals surface area contributed by atoms with E-state index in [1.165, 1.54) is 7.11 Å². The Kier molecular flexibility index (Phi) is 4.37. The predicted octanol–water partition coefficient (Wildman–Crippen LogP) is 4.38. The molecule has 2 nitrogen and oxygen atoms in total. The molecule has 0 bridgehead atoms. The van der Waals surface area contributed by atoms with Gasteiger partial charge in [-0.05, 0) is 31.0 Å². The van der Waals surface area contributed by atoms with Crippen LogP contribution in [-0.2, 0) is 10.9 Å². The molecule has 0 aromatic heterocycles. The van der Waals surface area contributed by atoms with Gasteiger partial charge in [-0.3, -0.25) is 4.79 Å².